The fourth-order valence-electron chi connectivity index (χ4n) is 1.36. The van der Waals surface area contributed by atoms with Crippen molar-refractivity contribution in [2.24, 2.45) is 5.73 Å². The van der Waals surface area contributed by atoms with E-state index in [1.54, 1.807) is 0 Å². The lowest BCUT2D eigenvalue weighted by atomic mass is 9.89. The molecule has 2 nitrogen and oxygen atoms in total. The summed E-state index contributed by atoms with van der Waals surface area (Å²) in [5, 5.41) is 2.61. The van der Waals surface area contributed by atoms with Crippen LogP contribution >= 0.6 is 0 Å². The Bertz CT molecular complexity index is 155. The Morgan fingerprint density at radius 3 is 2.58 bits per heavy atom. The third-order valence-corrected chi connectivity index (χ3v) is 2.24. The van der Waals surface area contributed by atoms with Gasteiger partial charge in [0.2, 0.25) is 0 Å². The lowest BCUT2D eigenvalue weighted by molar-refractivity contribution is -0.138. The summed E-state index contributed by atoms with van der Waals surface area (Å²) in [6.07, 6.45) is 0.330. The van der Waals surface area contributed by atoms with Gasteiger partial charge in [0.15, 0.2) is 5.67 Å². The Morgan fingerprint density at radius 2 is 2.17 bits per heavy atom. The third kappa shape index (κ3) is 1.56. The summed E-state index contributed by atoms with van der Waals surface area (Å²) < 4.78 is 39.2. The quantitative estimate of drug-likeness (QED) is 0.658. The molecular weight excluding hydrogens is 169 g/mol. The van der Waals surface area contributed by atoms with Gasteiger partial charge < -0.3 is 11.1 Å². The molecule has 72 valence electrons. The van der Waals surface area contributed by atoms with Crippen LogP contribution in [0.15, 0.2) is 0 Å². The lowest BCUT2D eigenvalue weighted by Gasteiger charge is -2.35. The molecule has 1 heterocycles. The second-order valence-electron chi connectivity index (χ2n) is 3.15. The fraction of sp³-hybridized carbons (Fsp3) is 1.00. The zero-order chi connectivity index (χ0) is 9.24. The van der Waals surface area contributed by atoms with Gasteiger partial charge in [-0.15, -0.1) is 0 Å². The van der Waals surface area contributed by atoms with Gasteiger partial charge in [-0.1, -0.05) is 0 Å². The first kappa shape index (κ1) is 9.80. The number of rotatable bonds is 2. The molecule has 0 radical (unpaired) electrons. The first-order valence-corrected chi connectivity index (χ1v) is 3.99. The van der Waals surface area contributed by atoms with Gasteiger partial charge in [-0.05, 0) is 19.4 Å². The van der Waals surface area contributed by atoms with E-state index in [4.69, 9.17) is 5.73 Å². The molecule has 0 aromatic heterocycles. The van der Waals surface area contributed by atoms with Gasteiger partial charge in [-0.2, -0.15) is 0 Å². The van der Waals surface area contributed by atoms with Crippen LogP contribution in [0.4, 0.5) is 13.2 Å². The number of halogens is 3. The van der Waals surface area contributed by atoms with E-state index in [-0.39, 0.29) is 13.0 Å². The summed E-state index contributed by atoms with van der Waals surface area (Å²) >= 11 is 0. The number of hydrogen-bond donors (Lipinski definition) is 2. The standard InChI is InChI=1S/C7H13F3N2/c8-6(7(9,10)4-11)2-1-3-12-5-6/h12H,1-5,11H2. The van der Waals surface area contributed by atoms with Gasteiger partial charge in [0, 0.05) is 6.54 Å². The molecule has 1 atom stereocenters. The van der Waals surface area contributed by atoms with Crippen molar-refractivity contribution in [3.8, 4) is 0 Å². The number of nitrogens with one attached hydrogen (secondary N) is 1. The molecule has 1 aliphatic rings. The van der Waals surface area contributed by atoms with Crippen molar-refractivity contribution in [2.75, 3.05) is 19.6 Å². The predicted molar refractivity (Wildman–Crippen MR) is 39.9 cm³/mol. The lowest BCUT2D eigenvalue weighted by Crippen LogP contribution is -2.57. The summed E-state index contributed by atoms with van der Waals surface area (Å²) in [6.45, 7) is -0.616. The molecule has 0 spiro atoms. The van der Waals surface area contributed by atoms with Gasteiger partial charge in [0.05, 0.1) is 6.54 Å². The van der Waals surface area contributed by atoms with Crippen molar-refractivity contribution in [3.05, 3.63) is 0 Å². The van der Waals surface area contributed by atoms with Crippen LogP contribution in [0.3, 0.4) is 0 Å². The van der Waals surface area contributed by atoms with Crippen LogP contribution in [0, 0.1) is 0 Å². The molecule has 0 aromatic rings. The van der Waals surface area contributed by atoms with Crippen molar-refractivity contribution >= 4 is 0 Å². The van der Waals surface area contributed by atoms with E-state index < -0.39 is 18.1 Å². The maximum atomic E-state index is 13.5. The summed E-state index contributed by atoms with van der Waals surface area (Å²) in [5.41, 5.74) is 2.36. The number of alkyl halides is 3. The average molecular weight is 182 g/mol. The normalized spacial score (nSPS) is 32.0. The van der Waals surface area contributed by atoms with E-state index in [0.717, 1.165) is 0 Å². The first-order chi connectivity index (χ1) is 5.52. The van der Waals surface area contributed by atoms with E-state index in [9.17, 15) is 13.2 Å². The summed E-state index contributed by atoms with van der Waals surface area (Å²) in [4.78, 5) is 0. The van der Waals surface area contributed by atoms with E-state index in [1.807, 2.05) is 0 Å². The monoisotopic (exact) mass is 182 g/mol. The SMILES string of the molecule is NCC(F)(F)C1(F)CCCNC1. The van der Waals surface area contributed by atoms with E-state index in [0.29, 0.717) is 13.0 Å². The smallest absolute Gasteiger partial charge is 0.294 e. The molecule has 0 aromatic carbocycles. The second-order valence-corrected chi connectivity index (χ2v) is 3.15. The van der Waals surface area contributed by atoms with E-state index in [1.165, 1.54) is 0 Å². The van der Waals surface area contributed by atoms with Crippen LogP contribution in [0.2, 0.25) is 0 Å². The van der Waals surface area contributed by atoms with Crippen molar-refractivity contribution in [2.45, 2.75) is 24.4 Å². The zero-order valence-electron chi connectivity index (χ0n) is 6.75. The minimum atomic E-state index is -3.40. The average Bonchev–Trinajstić information content (AvgIpc) is 2.06. The highest BCUT2D eigenvalue weighted by molar-refractivity contribution is 4.98. The maximum Gasteiger partial charge on any atom is 0.294 e. The van der Waals surface area contributed by atoms with Gasteiger partial charge in [0.25, 0.3) is 5.92 Å². The topological polar surface area (TPSA) is 38.0 Å². The van der Waals surface area contributed by atoms with E-state index >= 15 is 0 Å². The maximum absolute atomic E-state index is 13.5. The Kier molecular flexibility index (Phi) is 2.63. The highest BCUT2D eigenvalue weighted by atomic mass is 19.3. The molecule has 0 aliphatic carbocycles. The fourth-order valence-corrected chi connectivity index (χ4v) is 1.36. The van der Waals surface area contributed by atoms with Gasteiger partial charge in [-0.3, -0.25) is 0 Å². The van der Waals surface area contributed by atoms with Gasteiger partial charge in [0.1, 0.15) is 0 Å². The van der Waals surface area contributed by atoms with Crippen molar-refractivity contribution in [1.82, 2.24) is 5.32 Å². The molecule has 1 aliphatic heterocycles. The zero-order valence-corrected chi connectivity index (χ0v) is 6.75. The Morgan fingerprint density at radius 1 is 1.50 bits per heavy atom. The third-order valence-electron chi connectivity index (χ3n) is 2.24. The second kappa shape index (κ2) is 3.22. The molecular formula is C7H13F3N2. The van der Waals surface area contributed by atoms with Gasteiger partial charge in [-0.25, -0.2) is 13.2 Å². The summed E-state index contributed by atoms with van der Waals surface area (Å²) in [5.74, 6) is -3.40. The summed E-state index contributed by atoms with van der Waals surface area (Å²) in [7, 11) is 0. The molecule has 1 fully saturated rings. The predicted octanol–water partition coefficient (Wildman–Crippen LogP) is 0.672. The molecule has 12 heavy (non-hydrogen) atoms. The highest BCUT2D eigenvalue weighted by Crippen LogP contribution is 2.36. The first-order valence-electron chi connectivity index (χ1n) is 3.99. The van der Waals surface area contributed by atoms with Crippen LogP contribution in [-0.2, 0) is 0 Å². The molecule has 0 bridgehead atoms. The molecule has 0 amide bonds. The Balaban J connectivity index is 2.68. The van der Waals surface area contributed by atoms with Crippen molar-refractivity contribution in [1.29, 1.82) is 0 Å². The minimum Gasteiger partial charge on any atom is -0.325 e. The summed E-state index contributed by atoms with van der Waals surface area (Å²) in [6, 6.07) is 0. The Labute approximate surface area is 69.3 Å². The van der Waals surface area contributed by atoms with Crippen molar-refractivity contribution < 1.29 is 13.2 Å². The van der Waals surface area contributed by atoms with Gasteiger partial charge >= 0.3 is 0 Å². The number of nitrogens with two attached hydrogens (primary N) is 1. The molecule has 1 unspecified atom stereocenters. The van der Waals surface area contributed by atoms with Crippen LogP contribution in [0.1, 0.15) is 12.8 Å². The minimum absolute atomic E-state index is 0.107. The molecule has 5 heteroatoms. The Hall–Kier alpha value is -0.290. The number of piperidine rings is 1. The molecule has 1 saturated heterocycles. The number of hydrogen-bond acceptors (Lipinski definition) is 2. The van der Waals surface area contributed by atoms with Crippen molar-refractivity contribution in [3.63, 3.8) is 0 Å². The van der Waals surface area contributed by atoms with E-state index in [2.05, 4.69) is 5.32 Å². The van der Waals surface area contributed by atoms with Crippen LogP contribution in [0.5, 0.6) is 0 Å². The molecule has 0 saturated carbocycles. The van der Waals surface area contributed by atoms with Crippen LogP contribution in [0.25, 0.3) is 0 Å². The molecule has 3 N–H and O–H groups in total. The highest BCUT2D eigenvalue weighted by Gasteiger charge is 2.53. The largest absolute Gasteiger partial charge is 0.325 e. The van der Waals surface area contributed by atoms with Crippen LogP contribution in [-0.4, -0.2) is 31.2 Å². The van der Waals surface area contributed by atoms with Crippen LogP contribution < -0.4 is 11.1 Å². The molecule has 1 rings (SSSR count).